The van der Waals surface area contributed by atoms with E-state index in [1.54, 1.807) is 0 Å². The Morgan fingerprint density at radius 3 is 2.44 bits per heavy atom. The molecule has 1 heterocycles. The fourth-order valence-corrected chi connectivity index (χ4v) is 4.33. The number of nitrogens with zero attached hydrogens (tertiary/aromatic N) is 1. The Morgan fingerprint density at radius 1 is 1.12 bits per heavy atom. The van der Waals surface area contributed by atoms with Gasteiger partial charge in [-0.15, -0.1) is 0 Å². The minimum absolute atomic E-state index is 0.0928. The second-order valence-electron chi connectivity index (χ2n) is 4.84. The third-order valence-electron chi connectivity index (χ3n) is 3.81. The van der Waals surface area contributed by atoms with Gasteiger partial charge in [0.1, 0.15) is 0 Å². The molecule has 0 amide bonds. The van der Waals surface area contributed by atoms with Gasteiger partial charge >= 0.3 is 0 Å². The highest BCUT2D eigenvalue weighted by molar-refractivity contribution is 8.22. The minimum Gasteiger partial charge on any atom is -0.300 e. The summed E-state index contributed by atoms with van der Waals surface area (Å²) < 4.78 is 0. The largest absolute Gasteiger partial charge is 0.300 e. The van der Waals surface area contributed by atoms with Crippen molar-refractivity contribution >= 4 is 10.9 Å². The van der Waals surface area contributed by atoms with Crippen molar-refractivity contribution in [3.63, 3.8) is 0 Å². The topological polar surface area (TPSA) is 3.24 Å². The molecule has 2 heteroatoms. The number of rotatable bonds is 5. The second-order valence-corrected chi connectivity index (χ2v) is 6.91. The van der Waals surface area contributed by atoms with Crippen LogP contribution in [0, 0.1) is 0 Å². The molecule has 0 unspecified atom stereocenters. The second kappa shape index (κ2) is 6.51. The van der Waals surface area contributed by atoms with Crippen molar-refractivity contribution in [1.82, 2.24) is 4.90 Å². The van der Waals surface area contributed by atoms with Crippen molar-refractivity contribution in [2.45, 2.75) is 45.1 Å². The van der Waals surface area contributed by atoms with Crippen LogP contribution in [0.5, 0.6) is 0 Å². The Labute approximate surface area is 103 Å². The van der Waals surface area contributed by atoms with Crippen LogP contribution in [0.4, 0.5) is 0 Å². The highest BCUT2D eigenvalue weighted by Gasteiger charge is 2.19. The van der Waals surface area contributed by atoms with Gasteiger partial charge in [-0.2, -0.15) is 0 Å². The number of allylic oxidation sites excluding steroid dienone is 2. The van der Waals surface area contributed by atoms with Crippen LogP contribution in [0.25, 0.3) is 0 Å². The molecule has 0 aromatic heterocycles. The van der Waals surface area contributed by atoms with Gasteiger partial charge in [-0.25, -0.2) is 10.9 Å². The van der Waals surface area contributed by atoms with E-state index >= 15 is 0 Å². The Bertz CT molecular complexity index is 241. The number of hydrogen-bond donors (Lipinski definition) is 1. The van der Waals surface area contributed by atoms with Gasteiger partial charge in [0.15, 0.2) is 0 Å². The molecule has 1 saturated carbocycles. The summed E-state index contributed by atoms with van der Waals surface area (Å²) in [4.78, 5) is 2.72. The molecule has 1 nitrogen and oxygen atoms in total. The van der Waals surface area contributed by atoms with Crippen molar-refractivity contribution in [3.05, 3.63) is 23.0 Å². The van der Waals surface area contributed by atoms with Gasteiger partial charge in [0.05, 0.1) is 0 Å². The molecule has 0 aromatic carbocycles. The summed E-state index contributed by atoms with van der Waals surface area (Å²) in [5.41, 5.74) is 0. The maximum atomic E-state index is 2.72. The summed E-state index contributed by atoms with van der Waals surface area (Å²) in [5.74, 6) is 1.37. The molecule has 16 heavy (non-hydrogen) atoms. The van der Waals surface area contributed by atoms with Crippen molar-refractivity contribution in [1.29, 1.82) is 0 Å². The first-order valence-corrected chi connectivity index (χ1v) is 8.41. The zero-order valence-corrected chi connectivity index (χ0v) is 11.3. The lowest BCUT2D eigenvalue weighted by atomic mass is 9.94. The van der Waals surface area contributed by atoms with E-state index < -0.39 is 0 Å². The molecule has 0 radical (unpaired) electrons. The summed E-state index contributed by atoms with van der Waals surface area (Å²) in [6.45, 7) is 4.87. The van der Waals surface area contributed by atoms with Gasteiger partial charge in [0.2, 0.25) is 0 Å². The summed E-state index contributed by atoms with van der Waals surface area (Å²) >= 11 is 0. The number of thiol groups is 1. The van der Waals surface area contributed by atoms with Crippen molar-refractivity contribution < 1.29 is 0 Å². The molecule has 1 aliphatic carbocycles. The normalized spacial score (nSPS) is 23.5. The molecule has 0 saturated heterocycles. The maximum Gasteiger partial charge on any atom is 0.00954 e. The summed E-state index contributed by atoms with van der Waals surface area (Å²) in [5, 5.41) is 4.79. The fourth-order valence-electron chi connectivity index (χ4n) is 2.81. The van der Waals surface area contributed by atoms with Crippen molar-refractivity contribution in [2.75, 3.05) is 18.8 Å². The lowest BCUT2D eigenvalue weighted by Gasteiger charge is -2.34. The summed E-state index contributed by atoms with van der Waals surface area (Å²) in [6, 6.07) is 0.893. The van der Waals surface area contributed by atoms with E-state index in [1.807, 2.05) is 0 Å². The molecule has 0 spiro atoms. The Kier molecular flexibility index (Phi) is 4.98. The van der Waals surface area contributed by atoms with E-state index in [4.69, 9.17) is 0 Å². The lowest BCUT2D eigenvalue weighted by Crippen LogP contribution is -2.38. The first kappa shape index (κ1) is 12.3. The Hall–Kier alpha value is -0.210. The van der Waals surface area contributed by atoms with Crippen LogP contribution in [0.2, 0.25) is 0 Å². The fraction of sp³-hybridized carbons (Fsp3) is 0.714. The molecule has 2 rings (SSSR count). The number of hydrogen-bond acceptors (Lipinski definition) is 1. The zero-order valence-electron chi connectivity index (χ0n) is 10.4. The van der Waals surface area contributed by atoms with Gasteiger partial charge in [-0.3, -0.25) is 4.90 Å². The van der Waals surface area contributed by atoms with E-state index in [1.165, 1.54) is 50.9 Å². The van der Waals surface area contributed by atoms with E-state index in [0.717, 1.165) is 6.04 Å². The standard InChI is InChI=1S/C14H25NS/c1-2-15(14-8-4-3-5-9-14)10-13-16-11-6-7-12-16/h6-7,11-12,14,16H,2-5,8-10,13H2,1H3. The molecule has 1 aliphatic heterocycles. The maximum absolute atomic E-state index is 2.72. The molecular weight excluding hydrogens is 214 g/mol. The van der Waals surface area contributed by atoms with Crippen LogP contribution >= 0.6 is 10.9 Å². The third-order valence-corrected chi connectivity index (χ3v) is 5.64. The van der Waals surface area contributed by atoms with Crippen LogP contribution in [0.1, 0.15) is 39.0 Å². The predicted molar refractivity (Wildman–Crippen MR) is 76.3 cm³/mol. The van der Waals surface area contributed by atoms with Gasteiger partial charge in [0, 0.05) is 12.6 Å². The molecule has 0 atom stereocenters. The van der Waals surface area contributed by atoms with Crippen molar-refractivity contribution in [2.24, 2.45) is 0 Å². The molecule has 0 N–H and O–H groups in total. The average molecular weight is 239 g/mol. The zero-order chi connectivity index (χ0) is 11.2. The molecule has 2 aliphatic rings. The van der Waals surface area contributed by atoms with Crippen LogP contribution in [0.15, 0.2) is 23.0 Å². The highest BCUT2D eigenvalue weighted by atomic mass is 32.2. The van der Waals surface area contributed by atoms with Gasteiger partial charge in [-0.05, 0) is 36.0 Å². The van der Waals surface area contributed by atoms with E-state index in [2.05, 4.69) is 34.8 Å². The van der Waals surface area contributed by atoms with E-state index in [-0.39, 0.29) is 10.9 Å². The molecule has 0 bridgehead atoms. The quantitative estimate of drug-likeness (QED) is 0.716. The van der Waals surface area contributed by atoms with Crippen LogP contribution in [-0.2, 0) is 0 Å². The van der Waals surface area contributed by atoms with Gasteiger partial charge < -0.3 is 0 Å². The molecule has 0 aromatic rings. The SMILES string of the molecule is CCN(CC[SH]1C=CC=C1)C1CCCCC1. The summed E-state index contributed by atoms with van der Waals surface area (Å²) in [6.07, 6.45) is 11.7. The highest BCUT2D eigenvalue weighted by Crippen LogP contribution is 2.33. The van der Waals surface area contributed by atoms with E-state index in [9.17, 15) is 0 Å². The first-order valence-electron chi connectivity index (χ1n) is 6.75. The van der Waals surface area contributed by atoms with Crippen LogP contribution in [-0.4, -0.2) is 29.8 Å². The molecule has 1 fully saturated rings. The van der Waals surface area contributed by atoms with Gasteiger partial charge in [-0.1, -0.05) is 38.3 Å². The van der Waals surface area contributed by atoms with Crippen molar-refractivity contribution in [3.8, 4) is 0 Å². The third kappa shape index (κ3) is 3.39. The molecular formula is C14H25NS. The summed E-state index contributed by atoms with van der Waals surface area (Å²) in [7, 11) is 0.0928. The smallest absolute Gasteiger partial charge is 0.00954 e. The first-order chi connectivity index (χ1) is 7.90. The Morgan fingerprint density at radius 2 is 1.81 bits per heavy atom. The monoisotopic (exact) mass is 239 g/mol. The van der Waals surface area contributed by atoms with E-state index in [0.29, 0.717) is 0 Å². The average Bonchev–Trinajstić information content (AvgIpc) is 2.84. The van der Waals surface area contributed by atoms with Gasteiger partial charge in [0.25, 0.3) is 0 Å². The minimum atomic E-state index is 0.0928. The lowest BCUT2D eigenvalue weighted by molar-refractivity contribution is 0.173. The molecule has 92 valence electrons. The van der Waals surface area contributed by atoms with Crippen LogP contribution in [0.3, 0.4) is 0 Å². The predicted octanol–water partition coefficient (Wildman–Crippen LogP) is 3.68. The van der Waals surface area contributed by atoms with Crippen LogP contribution < -0.4 is 0 Å². The Balaban J connectivity index is 1.75.